The summed E-state index contributed by atoms with van der Waals surface area (Å²) in [5.74, 6) is 0.733. The van der Waals surface area contributed by atoms with Crippen LogP contribution in [0.5, 0.6) is 0 Å². The Morgan fingerprint density at radius 2 is 1.88 bits per heavy atom. The van der Waals surface area contributed by atoms with Gasteiger partial charge in [0.25, 0.3) is 0 Å². The zero-order chi connectivity index (χ0) is 22.6. The maximum atomic E-state index is 11.7. The summed E-state index contributed by atoms with van der Waals surface area (Å²) in [4.78, 5) is 29.7. The SMILES string of the molecule is CC(=O)N1CCO[C@H](CNc2nc(-c3ccc(N4CCOCC4)cc3)cc3nccnc23)C1. The molecular formula is C24H28N6O3. The lowest BCUT2D eigenvalue weighted by atomic mass is 10.1. The van der Waals surface area contributed by atoms with E-state index in [1.807, 2.05) is 11.0 Å². The van der Waals surface area contributed by atoms with E-state index in [0.29, 0.717) is 37.6 Å². The van der Waals surface area contributed by atoms with Gasteiger partial charge in [-0.1, -0.05) is 12.1 Å². The molecule has 0 saturated carbocycles. The number of nitrogens with one attached hydrogen (secondary N) is 1. The van der Waals surface area contributed by atoms with Crippen molar-refractivity contribution in [1.82, 2.24) is 19.9 Å². The van der Waals surface area contributed by atoms with Crippen molar-refractivity contribution >= 4 is 28.4 Å². The van der Waals surface area contributed by atoms with Crippen molar-refractivity contribution in [1.29, 1.82) is 0 Å². The minimum atomic E-state index is -0.104. The number of nitrogens with zero attached hydrogens (tertiary/aromatic N) is 5. The van der Waals surface area contributed by atoms with Crippen LogP contribution >= 0.6 is 0 Å². The predicted octanol–water partition coefficient (Wildman–Crippen LogP) is 2.19. The van der Waals surface area contributed by atoms with E-state index in [9.17, 15) is 4.79 Å². The molecule has 0 unspecified atom stereocenters. The van der Waals surface area contributed by atoms with E-state index in [1.54, 1.807) is 19.3 Å². The van der Waals surface area contributed by atoms with Crippen LogP contribution in [0.15, 0.2) is 42.7 Å². The molecule has 0 spiro atoms. The summed E-state index contributed by atoms with van der Waals surface area (Å²) in [5.41, 5.74) is 4.52. The van der Waals surface area contributed by atoms with Gasteiger partial charge in [-0.15, -0.1) is 0 Å². The zero-order valence-corrected chi connectivity index (χ0v) is 18.7. The molecule has 1 atom stereocenters. The number of amides is 1. The van der Waals surface area contributed by atoms with Gasteiger partial charge >= 0.3 is 0 Å². The van der Waals surface area contributed by atoms with Crippen molar-refractivity contribution in [2.75, 3.05) is 62.8 Å². The van der Waals surface area contributed by atoms with Crippen LogP contribution in [0.4, 0.5) is 11.5 Å². The van der Waals surface area contributed by atoms with Crippen molar-refractivity contribution in [2.45, 2.75) is 13.0 Å². The fraction of sp³-hybridized carbons (Fsp3) is 0.417. The lowest BCUT2D eigenvalue weighted by molar-refractivity contribution is -0.135. The van der Waals surface area contributed by atoms with Gasteiger partial charge in [-0.3, -0.25) is 9.78 Å². The number of carbonyl (C=O) groups is 1. The second-order valence-electron chi connectivity index (χ2n) is 8.27. The second-order valence-corrected chi connectivity index (χ2v) is 8.27. The van der Waals surface area contributed by atoms with Crippen molar-refractivity contribution in [2.24, 2.45) is 0 Å². The summed E-state index contributed by atoms with van der Waals surface area (Å²) in [6.07, 6.45) is 3.25. The highest BCUT2D eigenvalue weighted by molar-refractivity contribution is 5.88. The molecule has 5 rings (SSSR count). The maximum Gasteiger partial charge on any atom is 0.219 e. The molecule has 1 amide bonds. The van der Waals surface area contributed by atoms with Gasteiger partial charge in [0.2, 0.25) is 5.91 Å². The topological polar surface area (TPSA) is 92.7 Å². The number of morpholine rings is 2. The molecule has 172 valence electrons. The number of ether oxygens (including phenoxy) is 2. The molecule has 2 saturated heterocycles. The van der Waals surface area contributed by atoms with E-state index in [1.165, 1.54) is 5.69 Å². The Hall–Kier alpha value is -3.30. The summed E-state index contributed by atoms with van der Waals surface area (Å²) < 4.78 is 11.3. The van der Waals surface area contributed by atoms with E-state index in [0.717, 1.165) is 43.1 Å². The van der Waals surface area contributed by atoms with E-state index in [4.69, 9.17) is 14.5 Å². The average molecular weight is 449 g/mol. The monoisotopic (exact) mass is 448 g/mol. The Bertz CT molecular complexity index is 1120. The van der Waals surface area contributed by atoms with Crippen molar-refractivity contribution < 1.29 is 14.3 Å². The first-order valence-electron chi connectivity index (χ1n) is 11.3. The van der Waals surface area contributed by atoms with E-state index >= 15 is 0 Å². The molecule has 2 aromatic heterocycles. The second kappa shape index (κ2) is 9.68. The lowest BCUT2D eigenvalue weighted by Gasteiger charge is -2.32. The maximum absolute atomic E-state index is 11.7. The van der Waals surface area contributed by atoms with Crippen LogP contribution in [0, 0.1) is 0 Å². The van der Waals surface area contributed by atoms with E-state index in [-0.39, 0.29) is 12.0 Å². The fourth-order valence-corrected chi connectivity index (χ4v) is 4.25. The molecule has 9 heteroatoms. The number of fused-ring (bicyclic) bond motifs is 1. The van der Waals surface area contributed by atoms with E-state index < -0.39 is 0 Å². The molecule has 0 aliphatic carbocycles. The highest BCUT2D eigenvalue weighted by Crippen LogP contribution is 2.27. The average Bonchev–Trinajstić information content (AvgIpc) is 2.88. The highest BCUT2D eigenvalue weighted by Gasteiger charge is 2.22. The van der Waals surface area contributed by atoms with E-state index in [2.05, 4.69) is 44.5 Å². The van der Waals surface area contributed by atoms with Crippen molar-refractivity contribution in [3.05, 3.63) is 42.7 Å². The smallest absolute Gasteiger partial charge is 0.219 e. The van der Waals surface area contributed by atoms with Gasteiger partial charge in [-0.2, -0.15) is 0 Å². The van der Waals surface area contributed by atoms with Gasteiger partial charge in [0.15, 0.2) is 5.82 Å². The van der Waals surface area contributed by atoms with Gasteiger partial charge in [-0.05, 0) is 18.2 Å². The molecule has 4 heterocycles. The summed E-state index contributed by atoms with van der Waals surface area (Å²) in [6.45, 7) is 7.19. The van der Waals surface area contributed by atoms with Gasteiger partial charge < -0.3 is 24.6 Å². The third-order valence-electron chi connectivity index (χ3n) is 6.08. The first-order chi connectivity index (χ1) is 16.2. The minimum absolute atomic E-state index is 0.0697. The Kier molecular flexibility index (Phi) is 6.32. The van der Waals surface area contributed by atoms with Crippen molar-refractivity contribution in [3.8, 4) is 11.3 Å². The number of pyridine rings is 1. The molecule has 2 aliphatic rings. The number of anilines is 2. The zero-order valence-electron chi connectivity index (χ0n) is 18.7. The van der Waals surface area contributed by atoms with Crippen LogP contribution < -0.4 is 10.2 Å². The van der Waals surface area contributed by atoms with Gasteiger partial charge in [-0.25, -0.2) is 9.97 Å². The fourth-order valence-electron chi connectivity index (χ4n) is 4.25. The van der Waals surface area contributed by atoms with Crippen LogP contribution in [0.3, 0.4) is 0 Å². The predicted molar refractivity (Wildman–Crippen MR) is 126 cm³/mol. The van der Waals surface area contributed by atoms with Gasteiger partial charge in [0.1, 0.15) is 5.52 Å². The molecule has 3 aromatic rings. The molecule has 1 N–H and O–H groups in total. The molecule has 33 heavy (non-hydrogen) atoms. The summed E-state index contributed by atoms with van der Waals surface area (Å²) >= 11 is 0. The molecule has 9 nitrogen and oxygen atoms in total. The Morgan fingerprint density at radius 3 is 2.67 bits per heavy atom. The molecule has 0 radical (unpaired) electrons. The third-order valence-corrected chi connectivity index (χ3v) is 6.08. The number of hydrogen-bond acceptors (Lipinski definition) is 8. The number of benzene rings is 1. The number of aromatic nitrogens is 3. The molecule has 2 aliphatic heterocycles. The normalized spacial score (nSPS) is 19.0. The van der Waals surface area contributed by atoms with Crippen LogP contribution in [0.1, 0.15) is 6.92 Å². The number of hydrogen-bond donors (Lipinski definition) is 1. The Morgan fingerprint density at radius 1 is 1.09 bits per heavy atom. The summed E-state index contributed by atoms with van der Waals surface area (Å²) in [5, 5.41) is 3.39. The molecule has 1 aromatic carbocycles. The van der Waals surface area contributed by atoms with Gasteiger partial charge in [0, 0.05) is 63.3 Å². The Balaban J connectivity index is 1.37. The lowest BCUT2D eigenvalue weighted by Crippen LogP contribution is -2.47. The standard InChI is InChI=1S/C24H28N6O3/c1-17(31)30-10-13-33-20(16-30)15-27-24-23-22(25-6-7-26-23)14-21(28-24)18-2-4-19(5-3-18)29-8-11-32-12-9-29/h2-7,14,20H,8-13,15-16H2,1H3,(H,27,28)/t20-/m1/s1. The largest absolute Gasteiger partial charge is 0.378 e. The van der Waals surface area contributed by atoms with Crippen LogP contribution in [0.2, 0.25) is 0 Å². The number of carbonyl (C=O) groups excluding carboxylic acids is 1. The molecular weight excluding hydrogens is 420 g/mol. The van der Waals surface area contributed by atoms with Crippen molar-refractivity contribution in [3.63, 3.8) is 0 Å². The summed E-state index contributed by atoms with van der Waals surface area (Å²) in [7, 11) is 0. The first kappa shape index (κ1) is 21.5. The Labute approximate surface area is 192 Å². The van der Waals surface area contributed by atoms with Crippen LogP contribution in [-0.4, -0.2) is 84.4 Å². The van der Waals surface area contributed by atoms with Gasteiger partial charge in [0.05, 0.1) is 37.1 Å². The highest BCUT2D eigenvalue weighted by atomic mass is 16.5. The van der Waals surface area contributed by atoms with Crippen LogP contribution in [0.25, 0.3) is 22.3 Å². The quantitative estimate of drug-likeness (QED) is 0.635. The molecule has 0 bridgehead atoms. The number of rotatable bonds is 5. The molecule has 2 fully saturated rings. The summed E-state index contributed by atoms with van der Waals surface area (Å²) in [6, 6.07) is 10.4. The minimum Gasteiger partial charge on any atom is -0.378 e. The first-order valence-corrected chi connectivity index (χ1v) is 11.3. The third kappa shape index (κ3) is 4.89. The van der Waals surface area contributed by atoms with Crippen LogP contribution in [-0.2, 0) is 14.3 Å².